The molecule has 108 valence electrons. The summed E-state index contributed by atoms with van der Waals surface area (Å²) in [6.07, 6.45) is 0. The number of phenolic OH excluding ortho intramolecular Hbond substituents is 1. The third-order valence-corrected chi connectivity index (χ3v) is 3.13. The zero-order chi connectivity index (χ0) is 15.4. The summed E-state index contributed by atoms with van der Waals surface area (Å²) in [6.45, 7) is 0.271. The van der Waals surface area contributed by atoms with Gasteiger partial charge in [-0.2, -0.15) is 0 Å². The van der Waals surface area contributed by atoms with Gasteiger partial charge in [-0.1, -0.05) is 36.5 Å². The molecule has 0 saturated carbocycles. The SMILES string of the molecule is NC(=S)c1ccc(CNC(=O)c2ccc(F)cc2O)cc1. The van der Waals surface area contributed by atoms with Gasteiger partial charge in [0.05, 0.1) is 5.56 Å². The molecule has 0 aliphatic heterocycles. The van der Waals surface area contributed by atoms with Gasteiger partial charge >= 0.3 is 0 Å². The van der Waals surface area contributed by atoms with Gasteiger partial charge in [0.2, 0.25) is 0 Å². The van der Waals surface area contributed by atoms with Crippen LogP contribution in [0.2, 0.25) is 0 Å². The summed E-state index contributed by atoms with van der Waals surface area (Å²) < 4.78 is 12.9. The Kier molecular flexibility index (Phi) is 4.49. The molecule has 0 aliphatic rings. The van der Waals surface area contributed by atoms with Crippen LogP contribution in [0.4, 0.5) is 4.39 Å². The smallest absolute Gasteiger partial charge is 0.255 e. The van der Waals surface area contributed by atoms with E-state index in [1.807, 2.05) is 0 Å². The van der Waals surface area contributed by atoms with E-state index in [0.717, 1.165) is 23.3 Å². The highest BCUT2D eigenvalue weighted by molar-refractivity contribution is 7.80. The van der Waals surface area contributed by atoms with E-state index < -0.39 is 17.5 Å². The highest BCUT2D eigenvalue weighted by Crippen LogP contribution is 2.17. The number of carbonyl (C=O) groups excluding carboxylic acids is 1. The Bertz CT molecular complexity index is 687. The van der Waals surface area contributed by atoms with Crippen molar-refractivity contribution in [3.8, 4) is 5.75 Å². The van der Waals surface area contributed by atoms with Gasteiger partial charge in [0.1, 0.15) is 16.6 Å². The first-order chi connectivity index (χ1) is 9.97. The van der Waals surface area contributed by atoms with Gasteiger partial charge in [-0.15, -0.1) is 0 Å². The average molecular weight is 304 g/mol. The van der Waals surface area contributed by atoms with Gasteiger partial charge in [0.15, 0.2) is 0 Å². The lowest BCUT2D eigenvalue weighted by Gasteiger charge is -2.07. The lowest BCUT2D eigenvalue weighted by molar-refractivity contribution is 0.0948. The predicted molar refractivity (Wildman–Crippen MR) is 81.6 cm³/mol. The number of benzene rings is 2. The van der Waals surface area contributed by atoms with Gasteiger partial charge in [-0.3, -0.25) is 4.79 Å². The van der Waals surface area contributed by atoms with Crippen molar-refractivity contribution in [1.82, 2.24) is 5.32 Å². The highest BCUT2D eigenvalue weighted by Gasteiger charge is 2.11. The minimum Gasteiger partial charge on any atom is -0.507 e. The van der Waals surface area contributed by atoms with Crippen LogP contribution in [0.3, 0.4) is 0 Å². The number of phenols is 1. The van der Waals surface area contributed by atoms with Crippen molar-refractivity contribution in [2.75, 3.05) is 0 Å². The number of hydrogen-bond acceptors (Lipinski definition) is 3. The molecule has 21 heavy (non-hydrogen) atoms. The zero-order valence-corrected chi connectivity index (χ0v) is 11.8. The molecule has 2 aromatic rings. The van der Waals surface area contributed by atoms with Crippen molar-refractivity contribution in [3.63, 3.8) is 0 Å². The molecule has 2 rings (SSSR count). The maximum absolute atomic E-state index is 12.9. The molecule has 0 aromatic heterocycles. The Morgan fingerprint density at radius 1 is 1.24 bits per heavy atom. The standard InChI is InChI=1S/C15H13FN2O2S/c16-11-5-6-12(13(19)7-11)15(20)18-8-9-1-3-10(4-2-9)14(17)21/h1-7,19H,8H2,(H2,17,21)(H,18,20). The van der Waals surface area contributed by atoms with Gasteiger partial charge in [-0.25, -0.2) is 4.39 Å². The summed E-state index contributed by atoms with van der Waals surface area (Å²) >= 11 is 4.85. The molecule has 1 amide bonds. The average Bonchev–Trinajstić information content (AvgIpc) is 2.45. The second-order valence-corrected chi connectivity index (χ2v) is 4.85. The van der Waals surface area contributed by atoms with Crippen LogP contribution in [0.1, 0.15) is 21.5 Å². The molecule has 0 atom stereocenters. The number of amides is 1. The second-order valence-electron chi connectivity index (χ2n) is 4.41. The summed E-state index contributed by atoms with van der Waals surface area (Å²) in [5, 5.41) is 12.2. The monoisotopic (exact) mass is 304 g/mol. The topological polar surface area (TPSA) is 75.3 Å². The molecular weight excluding hydrogens is 291 g/mol. The van der Waals surface area contributed by atoms with Crippen LogP contribution < -0.4 is 11.1 Å². The molecule has 4 nitrogen and oxygen atoms in total. The maximum atomic E-state index is 12.9. The molecule has 4 N–H and O–H groups in total. The van der Waals surface area contributed by atoms with Crippen molar-refractivity contribution in [1.29, 1.82) is 0 Å². The first kappa shape index (κ1) is 14.9. The lowest BCUT2D eigenvalue weighted by Crippen LogP contribution is -2.23. The van der Waals surface area contributed by atoms with Crippen molar-refractivity contribution < 1.29 is 14.3 Å². The largest absolute Gasteiger partial charge is 0.507 e. The Hall–Kier alpha value is -2.47. The second kappa shape index (κ2) is 6.32. The number of rotatable bonds is 4. The van der Waals surface area contributed by atoms with Crippen molar-refractivity contribution in [2.24, 2.45) is 5.73 Å². The minimum absolute atomic E-state index is 0.0242. The van der Waals surface area contributed by atoms with Crippen LogP contribution >= 0.6 is 12.2 Å². The molecule has 0 fully saturated rings. The summed E-state index contributed by atoms with van der Waals surface area (Å²) in [7, 11) is 0. The molecule has 0 bridgehead atoms. The van der Waals surface area contributed by atoms with Crippen LogP contribution in [0.25, 0.3) is 0 Å². The van der Waals surface area contributed by atoms with Crippen molar-refractivity contribution >= 4 is 23.1 Å². The first-order valence-corrected chi connectivity index (χ1v) is 6.53. The third kappa shape index (κ3) is 3.76. The minimum atomic E-state index is -0.600. The van der Waals surface area contributed by atoms with Gasteiger partial charge in [0.25, 0.3) is 5.91 Å². The van der Waals surface area contributed by atoms with Crippen LogP contribution in [0, 0.1) is 5.82 Å². The molecular formula is C15H13FN2O2S. The van der Waals surface area contributed by atoms with E-state index >= 15 is 0 Å². The van der Waals surface area contributed by atoms with E-state index in [9.17, 15) is 14.3 Å². The van der Waals surface area contributed by atoms with Crippen molar-refractivity contribution in [3.05, 3.63) is 65.0 Å². The molecule has 0 saturated heterocycles. The van der Waals surface area contributed by atoms with E-state index in [4.69, 9.17) is 18.0 Å². The van der Waals surface area contributed by atoms with Crippen LogP contribution in [-0.4, -0.2) is 16.0 Å². The number of halogens is 1. The quantitative estimate of drug-likeness (QED) is 0.756. The molecule has 0 aliphatic carbocycles. The van der Waals surface area contributed by atoms with E-state index in [0.29, 0.717) is 4.99 Å². The highest BCUT2D eigenvalue weighted by atomic mass is 32.1. The third-order valence-electron chi connectivity index (χ3n) is 2.90. The molecule has 0 unspecified atom stereocenters. The summed E-state index contributed by atoms with van der Waals surface area (Å²) in [5.74, 6) is -1.47. The summed E-state index contributed by atoms with van der Waals surface area (Å²) in [4.78, 5) is 12.2. The molecule has 2 aromatic carbocycles. The normalized spacial score (nSPS) is 10.1. The van der Waals surface area contributed by atoms with Crippen molar-refractivity contribution in [2.45, 2.75) is 6.54 Å². The van der Waals surface area contributed by atoms with Crippen LogP contribution in [-0.2, 0) is 6.54 Å². The van der Waals surface area contributed by atoms with Gasteiger partial charge in [-0.05, 0) is 17.7 Å². The fraction of sp³-hybridized carbons (Fsp3) is 0.0667. The Morgan fingerprint density at radius 2 is 1.90 bits per heavy atom. The van der Waals surface area contributed by atoms with Crippen LogP contribution in [0.15, 0.2) is 42.5 Å². The van der Waals surface area contributed by atoms with E-state index in [1.165, 1.54) is 6.07 Å². The Morgan fingerprint density at radius 3 is 2.48 bits per heavy atom. The van der Waals surface area contributed by atoms with E-state index in [2.05, 4.69) is 5.32 Å². The number of nitrogens with two attached hydrogens (primary N) is 1. The maximum Gasteiger partial charge on any atom is 0.255 e. The molecule has 0 spiro atoms. The van der Waals surface area contributed by atoms with Gasteiger partial charge in [0, 0.05) is 18.2 Å². The molecule has 6 heteroatoms. The zero-order valence-electron chi connectivity index (χ0n) is 11.0. The summed E-state index contributed by atoms with van der Waals surface area (Å²) in [5.41, 5.74) is 7.12. The Balaban J connectivity index is 2.02. The molecule has 0 heterocycles. The fourth-order valence-corrected chi connectivity index (χ4v) is 1.90. The predicted octanol–water partition coefficient (Wildman–Crippen LogP) is 2.10. The fourth-order valence-electron chi connectivity index (χ4n) is 1.76. The molecule has 0 radical (unpaired) electrons. The van der Waals surface area contributed by atoms with E-state index in [-0.39, 0.29) is 12.1 Å². The number of thiocarbonyl (C=S) groups is 1. The Labute approximate surface area is 126 Å². The number of carbonyl (C=O) groups is 1. The number of aromatic hydroxyl groups is 1. The van der Waals surface area contributed by atoms with E-state index in [1.54, 1.807) is 24.3 Å². The summed E-state index contributed by atoms with van der Waals surface area (Å²) in [6, 6.07) is 10.4. The number of hydrogen-bond donors (Lipinski definition) is 3. The first-order valence-electron chi connectivity index (χ1n) is 6.13. The van der Waals surface area contributed by atoms with Crippen LogP contribution in [0.5, 0.6) is 5.75 Å². The van der Waals surface area contributed by atoms with Gasteiger partial charge < -0.3 is 16.2 Å². The number of nitrogens with one attached hydrogen (secondary N) is 1. The lowest BCUT2D eigenvalue weighted by atomic mass is 10.1.